The number of fused-ring (bicyclic) bond motifs is 2. The van der Waals surface area contributed by atoms with Gasteiger partial charge in [-0.15, -0.1) is 11.8 Å². The molecule has 0 radical (unpaired) electrons. The summed E-state index contributed by atoms with van der Waals surface area (Å²) < 4.78 is 10.9. The van der Waals surface area contributed by atoms with Crippen molar-refractivity contribution in [1.82, 2.24) is 4.90 Å². The van der Waals surface area contributed by atoms with Crippen LogP contribution < -0.4 is 9.47 Å². The lowest BCUT2D eigenvalue weighted by Gasteiger charge is -2.32. The molecule has 2 aliphatic heterocycles. The normalized spacial score (nSPS) is 22.6. The van der Waals surface area contributed by atoms with Gasteiger partial charge in [0.25, 0.3) is 0 Å². The monoisotopic (exact) mass is 253 g/mol. The highest BCUT2D eigenvalue weighted by Crippen LogP contribution is 2.47. The van der Waals surface area contributed by atoms with Crippen LogP contribution in [0.4, 0.5) is 0 Å². The highest BCUT2D eigenvalue weighted by molar-refractivity contribution is 7.98. The van der Waals surface area contributed by atoms with Gasteiger partial charge in [0.1, 0.15) is 6.23 Å². The van der Waals surface area contributed by atoms with Crippen LogP contribution in [-0.4, -0.2) is 36.6 Å². The molecule has 2 heterocycles. The van der Waals surface area contributed by atoms with Crippen LogP contribution >= 0.6 is 11.8 Å². The van der Waals surface area contributed by atoms with Crippen molar-refractivity contribution >= 4 is 11.8 Å². The second kappa shape index (κ2) is 4.08. The number of aliphatic hydroxyl groups excluding tert-OH is 1. The maximum Gasteiger partial charge on any atom is 0.231 e. The number of aliphatic hydroxyl groups is 1. The zero-order valence-electron chi connectivity index (χ0n) is 9.90. The fraction of sp³-hybridized carbons (Fsp3) is 0.500. The van der Waals surface area contributed by atoms with Gasteiger partial charge in [-0.1, -0.05) is 0 Å². The van der Waals surface area contributed by atoms with E-state index in [-0.39, 0.29) is 6.79 Å². The third-order valence-electron chi connectivity index (χ3n) is 3.36. The summed E-state index contributed by atoms with van der Waals surface area (Å²) >= 11 is 1.60. The Kier molecular flexibility index (Phi) is 2.69. The molecule has 1 atom stereocenters. The molecule has 0 aromatic heterocycles. The lowest BCUT2D eigenvalue weighted by molar-refractivity contribution is 0.0102. The predicted octanol–water partition coefficient (Wildman–Crippen LogP) is 1.62. The number of thioether (sulfide) groups is 1. The van der Waals surface area contributed by atoms with E-state index in [4.69, 9.17) is 9.47 Å². The quantitative estimate of drug-likeness (QED) is 0.770. The van der Waals surface area contributed by atoms with E-state index < -0.39 is 6.23 Å². The summed E-state index contributed by atoms with van der Waals surface area (Å²) in [6, 6.07) is 2.01. The number of hydrogen-bond donors (Lipinski definition) is 1. The van der Waals surface area contributed by atoms with E-state index in [2.05, 4.69) is 0 Å². The lowest BCUT2D eigenvalue weighted by atomic mass is 9.97. The molecule has 4 nitrogen and oxygen atoms in total. The van der Waals surface area contributed by atoms with E-state index in [1.165, 1.54) is 5.56 Å². The standard InChI is InChI=1S/C12H15NO3S/c1-13-4-3-7-5-8-10(16-6-15-8)11(17-2)9(7)12(13)14/h5,12,14H,3-4,6H2,1-2H3. The molecule has 92 valence electrons. The minimum atomic E-state index is -0.546. The van der Waals surface area contributed by atoms with Gasteiger partial charge in [-0.25, -0.2) is 0 Å². The van der Waals surface area contributed by atoms with Crippen molar-refractivity contribution in [2.75, 3.05) is 26.6 Å². The summed E-state index contributed by atoms with van der Waals surface area (Å²) in [5, 5.41) is 10.3. The number of likely N-dealkylation sites (N-methyl/N-ethyl adjacent to an activating group) is 1. The average Bonchev–Trinajstić information content (AvgIpc) is 2.79. The lowest BCUT2D eigenvalue weighted by Crippen LogP contribution is -2.32. The molecule has 3 rings (SSSR count). The van der Waals surface area contributed by atoms with Crippen LogP contribution in [0.5, 0.6) is 11.5 Å². The Bertz CT molecular complexity index is 464. The van der Waals surface area contributed by atoms with Gasteiger partial charge in [-0.05, 0) is 31.4 Å². The molecule has 0 aliphatic carbocycles. The molecule has 2 aliphatic rings. The summed E-state index contributed by atoms with van der Waals surface area (Å²) in [5.41, 5.74) is 2.15. The number of benzene rings is 1. The van der Waals surface area contributed by atoms with Gasteiger partial charge < -0.3 is 14.6 Å². The Morgan fingerprint density at radius 2 is 2.29 bits per heavy atom. The van der Waals surface area contributed by atoms with Crippen LogP contribution in [0.15, 0.2) is 11.0 Å². The summed E-state index contributed by atoms with van der Waals surface area (Å²) in [6.07, 6.45) is 2.39. The maximum absolute atomic E-state index is 10.3. The Morgan fingerprint density at radius 3 is 3.06 bits per heavy atom. The second-order valence-corrected chi connectivity index (χ2v) is 5.14. The van der Waals surface area contributed by atoms with Gasteiger partial charge in [0.2, 0.25) is 6.79 Å². The van der Waals surface area contributed by atoms with Crippen LogP contribution in [0.25, 0.3) is 0 Å². The van der Waals surface area contributed by atoms with E-state index >= 15 is 0 Å². The minimum absolute atomic E-state index is 0.276. The van der Waals surface area contributed by atoms with E-state index in [1.54, 1.807) is 11.8 Å². The molecule has 0 spiro atoms. The van der Waals surface area contributed by atoms with Gasteiger partial charge in [0.15, 0.2) is 11.5 Å². The molecule has 1 aromatic rings. The van der Waals surface area contributed by atoms with Gasteiger partial charge >= 0.3 is 0 Å². The van der Waals surface area contributed by atoms with Gasteiger partial charge in [-0.3, -0.25) is 4.90 Å². The van der Waals surface area contributed by atoms with E-state index in [1.807, 2.05) is 24.3 Å². The average molecular weight is 253 g/mol. The number of ether oxygens (including phenoxy) is 2. The van der Waals surface area contributed by atoms with Crippen molar-refractivity contribution in [3.8, 4) is 11.5 Å². The van der Waals surface area contributed by atoms with Crippen LogP contribution in [0, 0.1) is 0 Å². The smallest absolute Gasteiger partial charge is 0.231 e. The topological polar surface area (TPSA) is 41.9 Å². The van der Waals surface area contributed by atoms with Crippen molar-refractivity contribution in [3.63, 3.8) is 0 Å². The Hall–Kier alpha value is -0.910. The third kappa shape index (κ3) is 1.61. The first-order valence-corrected chi connectivity index (χ1v) is 6.82. The van der Waals surface area contributed by atoms with E-state index in [0.717, 1.165) is 34.9 Å². The first-order valence-electron chi connectivity index (χ1n) is 5.60. The van der Waals surface area contributed by atoms with Crippen molar-refractivity contribution in [2.24, 2.45) is 0 Å². The molecular formula is C12H15NO3S. The van der Waals surface area contributed by atoms with Crippen LogP contribution in [0.1, 0.15) is 17.4 Å². The fourth-order valence-electron chi connectivity index (χ4n) is 2.41. The predicted molar refractivity (Wildman–Crippen MR) is 65.6 cm³/mol. The molecule has 1 N–H and O–H groups in total. The van der Waals surface area contributed by atoms with Crippen molar-refractivity contribution in [3.05, 3.63) is 17.2 Å². The zero-order valence-corrected chi connectivity index (χ0v) is 10.7. The molecule has 5 heteroatoms. The molecule has 1 aromatic carbocycles. The molecule has 17 heavy (non-hydrogen) atoms. The van der Waals surface area contributed by atoms with Crippen LogP contribution in [0.3, 0.4) is 0 Å². The van der Waals surface area contributed by atoms with Gasteiger partial charge in [0.05, 0.1) is 4.90 Å². The number of nitrogens with zero attached hydrogens (tertiary/aromatic N) is 1. The molecule has 0 amide bonds. The number of rotatable bonds is 1. The molecule has 0 saturated carbocycles. The Morgan fingerprint density at radius 1 is 1.47 bits per heavy atom. The Labute approximate surface area is 105 Å². The molecule has 0 saturated heterocycles. The summed E-state index contributed by atoms with van der Waals surface area (Å²) in [7, 11) is 1.93. The third-order valence-corrected chi connectivity index (χ3v) is 4.17. The molecular weight excluding hydrogens is 238 g/mol. The van der Waals surface area contributed by atoms with E-state index in [9.17, 15) is 5.11 Å². The minimum Gasteiger partial charge on any atom is -0.454 e. The molecule has 0 bridgehead atoms. The van der Waals surface area contributed by atoms with Crippen molar-refractivity contribution in [2.45, 2.75) is 17.5 Å². The SMILES string of the molecule is CSc1c2c(cc3c1C(O)N(C)CC3)OCO2. The maximum atomic E-state index is 10.3. The molecule has 1 unspecified atom stereocenters. The summed E-state index contributed by atoms with van der Waals surface area (Å²) in [5.74, 6) is 1.59. The number of hydrogen-bond acceptors (Lipinski definition) is 5. The molecule has 0 fully saturated rings. The largest absolute Gasteiger partial charge is 0.454 e. The Balaban J connectivity index is 2.20. The zero-order chi connectivity index (χ0) is 12.0. The second-order valence-electron chi connectivity index (χ2n) is 4.32. The van der Waals surface area contributed by atoms with Crippen molar-refractivity contribution in [1.29, 1.82) is 0 Å². The van der Waals surface area contributed by atoms with Crippen LogP contribution in [0.2, 0.25) is 0 Å². The van der Waals surface area contributed by atoms with E-state index in [0.29, 0.717) is 0 Å². The fourth-order valence-corrected chi connectivity index (χ4v) is 3.21. The highest BCUT2D eigenvalue weighted by Gasteiger charge is 2.31. The first-order chi connectivity index (χ1) is 8.22. The first kappa shape index (κ1) is 11.2. The summed E-state index contributed by atoms with van der Waals surface area (Å²) in [6.45, 7) is 1.14. The van der Waals surface area contributed by atoms with Gasteiger partial charge in [0, 0.05) is 12.1 Å². The highest BCUT2D eigenvalue weighted by atomic mass is 32.2. The van der Waals surface area contributed by atoms with Gasteiger partial charge in [-0.2, -0.15) is 0 Å². The summed E-state index contributed by atoms with van der Waals surface area (Å²) in [4.78, 5) is 2.96. The van der Waals surface area contributed by atoms with Crippen molar-refractivity contribution < 1.29 is 14.6 Å². The van der Waals surface area contributed by atoms with Crippen LogP contribution in [-0.2, 0) is 6.42 Å².